The van der Waals surface area contributed by atoms with E-state index in [1.54, 1.807) is 30.9 Å². The van der Waals surface area contributed by atoms with E-state index < -0.39 is 12.0 Å². The number of carbonyl (C=O) groups excluding carboxylic acids is 2. The molecule has 0 radical (unpaired) electrons. The van der Waals surface area contributed by atoms with E-state index in [-0.39, 0.29) is 48.9 Å². The van der Waals surface area contributed by atoms with Gasteiger partial charge in [-0.3, -0.25) is 9.59 Å². The van der Waals surface area contributed by atoms with Crippen LogP contribution in [0.4, 0.5) is 14.5 Å². The van der Waals surface area contributed by atoms with Crippen LogP contribution in [-0.4, -0.2) is 47.9 Å². The Morgan fingerprint density at radius 3 is 2.41 bits per heavy atom. The lowest BCUT2D eigenvalue weighted by Gasteiger charge is -2.51. The van der Waals surface area contributed by atoms with E-state index in [0.29, 0.717) is 5.69 Å². The summed E-state index contributed by atoms with van der Waals surface area (Å²) in [5.41, 5.74) is 1.58. The van der Waals surface area contributed by atoms with Crippen molar-refractivity contribution in [2.45, 2.75) is 52.6 Å². The molecule has 172 valence electrons. The number of carbonyl (C=O) groups is 2. The minimum atomic E-state index is -3.07. The Balaban J connectivity index is 2.11. The van der Waals surface area contributed by atoms with E-state index in [1.807, 2.05) is 24.3 Å². The van der Waals surface area contributed by atoms with Crippen LogP contribution in [0.5, 0.6) is 5.88 Å². The number of alkyl halides is 2. The zero-order valence-corrected chi connectivity index (χ0v) is 19.1. The number of rotatable bonds is 7. The number of hydrogen-bond donors (Lipinski definition) is 0. The molecule has 1 aliphatic rings. The van der Waals surface area contributed by atoms with E-state index in [9.17, 15) is 18.4 Å². The fourth-order valence-electron chi connectivity index (χ4n) is 4.27. The quantitative estimate of drug-likeness (QED) is 0.639. The molecular formula is C24H29F2N3O3. The Kier molecular flexibility index (Phi) is 6.81. The predicted molar refractivity (Wildman–Crippen MR) is 118 cm³/mol. The zero-order valence-electron chi connectivity index (χ0n) is 19.1. The van der Waals surface area contributed by atoms with Crippen molar-refractivity contribution in [3.05, 3.63) is 53.2 Å². The van der Waals surface area contributed by atoms with Gasteiger partial charge < -0.3 is 14.5 Å². The SMILES string of the molecule is CCN(C(=O)C1(c2ccccc2C(C)C)CN(C(C)=O)C1)c1ccc(C)nc1OC(F)F. The average Bonchev–Trinajstić information content (AvgIpc) is 2.69. The molecule has 0 N–H and O–H groups in total. The molecule has 1 aliphatic heterocycles. The predicted octanol–water partition coefficient (Wildman–Crippen LogP) is 4.27. The average molecular weight is 446 g/mol. The van der Waals surface area contributed by atoms with Crippen molar-refractivity contribution in [1.29, 1.82) is 0 Å². The first-order valence-corrected chi connectivity index (χ1v) is 10.7. The van der Waals surface area contributed by atoms with Crippen molar-refractivity contribution in [2.75, 3.05) is 24.5 Å². The summed E-state index contributed by atoms with van der Waals surface area (Å²) in [6.45, 7) is 6.63. The molecule has 0 aliphatic carbocycles. The first-order chi connectivity index (χ1) is 15.1. The van der Waals surface area contributed by atoms with Crippen LogP contribution in [0.15, 0.2) is 36.4 Å². The second kappa shape index (κ2) is 9.22. The first-order valence-electron chi connectivity index (χ1n) is 10.7. The summed E-state index contributed by atoms with van der Waals surface area (Å²) in [5.74, 6) is -0.506. The summed E-state index contributed by atoms with van der Waals surface area (Å²) in [6.07, 6.45) is 0. The number of hydrogen-bond acceptors (Lipinski definition) is 4. The Hall–Kier alpha value is -3.03. The van der Waals surface area contributed by atoms with Crippen molar-refractivity contribution in [3.63, 3.8) is 0 Å². The summed E-state index contributed by atoms with van der Waals surface area (Å²) in [7, 11) is 0. The third-order valence-corrected chi connectivity index (χ3v) is 5.91. The normalized spacial score (nSPS) is 15.0. The maximum Gasteiger partial charge on any atom is 0.388 e. The van der Waals surface area contributed by atoms with Gasteiger partial charge in [-0.25, -0.2) is 4.98 Å². The van der Waals surface area contributed by atoms with E-state index in [1.165, 1.54) is 11.8 Å². The van der Waals surface area contributed by atoms with Crippen molar-refractivity contribution in [1.82, 2.24) is 9.88 Å². The number of nitrogens with zero attached hydrogens (tertiary/aromatic N) is 3. The van der Waals surface area contributed by atoms with Gasteiger partial charge in [0, 0.05) is 32.3 Å². The summed E-state index contributed by atoms with van der Waals surface area (Å²) < 4.78 is 30.7. The number of aromatic nitrogens is 1. The molecule has 1 fully saturated rings. The molecule has 6 nitrogen and oxygen atoms in total. The molecule has 0 bridgehead atoms. The molecule has 8 heteroatoms. The van der Waals surface area contributed by atoms with Gasteiger partial charge in [0.05, 0.1) is 0 Å². The number of benzene rings is 1. The molecule has 0 saturated carbocycles. The van der Waals surface area contributed by atoms with Gasteiger partial charge >= 0.3 is 6.61 Å². The van der Waals surface area contributed by atoms with E-state index >= 15 is 0 Å². The fraction of sp³-hybridized carbons (Fsp3) is 0.458. The van der Waals surface area contributed by atoms with E-state index in [2.05, 4.69) is 23.6 Å². The van der Waals surface area contributed by atoms with Gasteiger partial charge in [-0.1, -0.05) is 38.1 Å². The second-order valence-electron chi connectivity index (χ2n) is 8.40. The summed E-state index contributed by atoms with van der Waals surface area (Å²) >= 11 is 0. The molecule has 2 amide bonds. The third-order valence-electron chi connectivity index (χ3n) is 5.91. The highest BCUT2D eigenvalue weighted by Gasteiger charge is 2.54. The lowest BCUT2D eigenvalue weighted by molar-refractivity contribution is -0.143. The van der Waals surface area contributed by atoms with Crippen LogP contribution >= 0.6 is 0 Å². The topological polar surface area (TPSA) is 62.7 Å². The molecular weight excluding hydrogens is 416 g/mol. The number of halogens is 2. The van der Waals surface area contributed by atoms with Crippen molar-refractivity contribution in [3.8, 4) is 5.88 Å². The van der Waals surface area contributed by atoms with Gasteiger partial charge in [-0.15, -0.1) is 0 Å². The maximum absolute atomic E-state index is 14.1. The summed E-state index contributed by atoms with van der Waals surface area (Å²) in [5, 5.41) is 0. The van der Waals surface area contributed by atoms with Crippen molar-refractivity contribution in [2.24, 2.45) is 0 Å². The Labute approximate surface area is 187 Å². The maximum atomic E-state index is 14.1. The standard InChI is InChI=1S/C24H29F2N3O3/c1-6-29(20-12-11-16(4)27-21(20)32-23(25)26)22(31)24(13-28(14-24)17(5)30)19-10-8-7-9-18(19)15(2)3/h7-12,15,23H,6,13-14H2,1-5H3. The monoisotopic (exact) mass is 445 g/mol. The van der Waals surface area contributed by atoms with Crippen molar-refractivity contribution >= 4 is 17.5 Å². The van der Waals surface area contributed by atoms with Gasteiger partial charge in [0.25, 0.3) is 0 Å². The Morgan fingerprint density at radius 2 is 1.84 bits per heavy atom. The van der Waals surface area contributed by atoms with Crippen LogP contribution in [0, 0.1) is 6.92 Å². The molecule has 1 aromatic carbocycles. The lowest BCUT2D eigenvalue weighted by Crippen LogP contribution is -2.68. The largest absolute Gasteiger partial charge is 0.415 e. The van der Waals surface area contributed by atoms with E-state index in [4.69, 9.17) is 0 Å². The van der Waals surface area contributed by atoms with Crippen LogP contribution < -0.4 is 9.64 Å². The number of amides is 2. The van der Waals surface area contributed by atoms with Gasteiger partial charge in [0.15, 0.2) is 0 Å². The molecule has 0 unspecified atom stereocenters. The van der Waals surface area contributed by atoms with Crippen molar-refractivity contribution < 1.29 is 23.1 Å². The molecule has 1 saturated heterocycles. The number of aryl methyl sites for hydroxylation is 1. The highest BCUT2D eigenvalue weighted by Crippen LogP contribution is 2.42. The Morgan fingerprint density at radius 1 is 1.19 bits per heavy atom. The van der Waals surface area contributed by atoms with Crippen LogP contribution in [-0.2, 0) is 15.0 Å². The third kappa shape index (κ3) is 4.31. The molecule has 3 rings (SSSR count). The number of ether oxygens (including phenoxy) is 1. The zero-order chi connectivity index (χ0) is 23.6. The smallest absolute Gasteiger partial charge is 0.388 e. The second-order valence-corrected chi connectivity index (χ2v) is 8.40. The summed E-state index contributed by atoms with van der Waals surface area (Å²) in [6, 6.07) is 10.9. The van der Waals surface area contributed by atoms with E-state index in [0.717, 1.165) is 11.1 Å². The lowest BCUT2D eigenvalue weighted by atomic mass is 9.69. The van der Waals surface area contributed by atoms with Crippen LogP contribution in [0.3, 0.4) is 0 Å². The minimum absolute atomic E-state index is 0.114. The summed E-state index contributed by atoms with van der Waals surface area (Å²) in [4.78, 5) is 33.2. The van der Waals surface area contributed by atoms with Gasteiger partial charge in [-0.05, 0) is 43.0 Å². The van der Waals surface area contributed by atoms with Crippen LogP contribution in [0.1, 0.15) is 50.4 Å². The van der Waals surface area contributed by atoms with Crippen LogP contribution in [0.25, 0.3) is 0 Å². The first kappa shape index (κ1) is 23.6. The number of likely N-dealkylation sites (N-methyl/N-ethyl adjacent to an activating group) is 1. The molecule has 1 aromatic heterocycles. The van der Waals surface area contributed by atoms with Gasteiger partial charge in [0.1, 0.15) is 11.1 Å². The number of pyridine rings is 1. The van der Waals surface area contributed by atoms with Gasteiger partial charge in [0.2, 0.25) is 17.7 Å². The molecule has 0 spiro atoms. The minimum Gasteiger partial charge on any atom is -0.415 e. The molecule has 32 heavy (non-hydrogen) atoms. The fourth-order valence-corrected chi connectivity index (χ4v) is 4.27. The molecule has 2 heterocycles. The van der Waals surface area contributed by atoms with Gasteiger partial charge in [-0.2, -0.15) is 8.78 Å². The number of likely N-dealkylation sites (tertiary alicyclic amines) is 1. The molecule has 0 atom stereocenters. The Bertz CT molecular complexity index is 1000. The highest BCUT2D eigenvalue weighted by atomic mass is 19.3. The molecule has 2 aromatic rings. The number of anilines is 1. The highest BCUT2D eigenvalue weighted by molar-refractivity contribution is 6.04. The van der Waals surface area contributed by atoms with Crippen LogP contribution in [0.2, 0.25) is 0 Å².